The number of hydrogen-bond acceptors (Lipinski definition) is 10. The molecule has 0 unspecified atom stereocenters. The number of esters is 2. The highest BCUT2D eigenvalue weighted by Gasteiger charge is 2.04. The molecule has 240 valence electrons. The van der Waals surface area contributed by atoms with Crippen LogP contribution in [0.5, 0.6) is 0 Å². The largest absolute Gasteiger partial charge is 0.463 e. The van der Waals surface area contributed by atoms with Gasteiger partial charge in [-0.15, -0.1) is 0 Å². The smallest absolute Gasteiger partial charge is 0.305 e. The first kappa shape index (κ1) is 40.8. The maximum Gasteiger partial charge on any atom is 0.305 e. The third-order valence-electron chi connectivity index (χ3n) is 5.67. The molecule has 0 aromatic rings. The van der Waals surface area contributed by atoms with E-state index in [0.717, 1.165) is 25.7 Å². The van der Waals surface area contributed by atoms with E-state index in [1.54, 1.807) is 0 Å². The van der Waals surface area contributed by atoms with Crippen LogP contribution in [0.25, 0.3) is 0 Å². The molecule has 40 heavy (non-hydrogen) atoms. The molecule has 0 saturated heterocycles. The highest BCUT2D eigenvalue weighted by atomic mass is 16.6. The van der Waals surface area contributed by atoms with Crippen LogP contribution in [0.2, 0.25) is 0 Å². The molecule has 10 nitrogen and oxygen atoms in total. The number of aliphatic hydroxyl groups excluding tert-OH is 2. The van der Waals surface area contributed by atoms with Gasteiger partial charge in [-0.3, -0.25) is 9.59 Å². The molecular weight excluding hydrogens is 520 g/mol. The van der Waals surface area contributed by atoms with E-state index in [-0.39, 0.29) is 38.4 Å². The molecule has 0 aliphatic carbocycles. The SMILES string of the molecule is CCCCCCCCCC(=O)OCCOCCOCCOC(=O)CCCCCCC.OCCOCCOCCO. The van der Waals surface area contributed by atoms with E-state index < -0.39 is 0 Å². The normalized spacial score (nSPS) is 10.7. The van der Waals surface area contributed by atoms with E-state index in [1.165, 1.54) is 51.4 Å². The minimum absolute atomic E-state index is 0.0417. The Kier molecular flexibility index (Phi) is 38.5. The Morgan fingerprint density at radius 2 is 0.725 bits per heavy atom. The van der Waals surface area contributed by atoms with E-state index >= 15 is 0 Å². The number of ether oxygens (including phenoxy) is 6. The summed E-state index contributed by atoms with van der Waals surface area (Å²) in [5.74, 6) is -0.291. The van der Waals surface area contributed by atoms with Crippen LogP contribution in [-0.4, -0.2) is 101 Å². The summed E-state index contributed by atoms with van der Waals surface area (Å²) in [6.45, 7) is 8.29. The van der Waals surface area contributed by atoms with Crippen LogP contribution in [-0.2, 0) is 38.0 Å². The molecule has 0 atom stereocenters. The molecular formula is C30H60O10. The van der Waals surface area contributed by atoms with Crippen molar-refractivity contribution in [1.82, 2.24) is 0 Å². The number of unbranched alkanes of at least 4 members (excludes halogenated alkanes) is 10. The fourth-order valence-electron chi connectivity index (χ4n) is 3.45. The first-order valence-corrected chi connectivity index (χ1v) is 15.5. The fourth-order valence-corrected chi connectivity index (χ4v) is 3.45. The first-order valence-electron chi connectivity index (χ1n) is 15.5. The van der Waals surface area contributed by atoms with Gasteiger partial charge in [0.1, 0.15) is 13.2 Å². The average Bonchev–Trinajstić information content (AvgIpc) is 2.95. The summed E-state index contributed by atoms with van der Waals surface area (Å²) in [6.07, 6.45) is 14.9. The Bertz CT molecular complexity index is 497. The van der Waals surface area contributed by atoms with Gasteiger partial charge in [0.2, 0.25) is 0 Å². The van der Waals surface area contributed by atoms with Gasteiger partial charge in [0.25, 0.3) is 0 Å². The van der Waals surface area contributed by atoms with Gasteiger partial charge >= 0.3 is 11.9 Å². The van der Waals surface area contributed by atoms with Crippen molar-refractivity contribution in [1.29, 1.82) is 0 Å². The monoisotopic (exact) mass is 580 g/mol. The molecule has 0 aliphatic heterocycles. The lowest BCUT2D eigenvalue weighted by atomic mass is 10.1. The summed E-state index contributed by atoms with van der Waals surface area (Å²) in [5.41, 5.74) is 0. The topological polar surface area (TPSA) is 130 Å². The van der Waals surface area contributed by atoms with Crippen molar-refractivity contribution in [2.24, 2.45) is 0 Å². The average molecular weight is 581 g/mol. The highest BCUT2D eigenvalue weighted by Crippen LogP contribution is 2.09. The van der Waals surface area contributed by atoms with Gasteiger partial charge in [0.05, 0.1) is 66.1 Å². The zero-order chi connectivity index (χ0) is 29.8. The van der Waals surface area contributed by atoms with Gasteiger partial charge in [-0.1, -0.05) is 78.1 Å². The van der Waals surface area contributed by atoms with Crippen molar-refractivity contribution < 1.29 is 48.2 Å². The van der Waals surface area contributed by atoms with Crippen molar-refractivity contribution in [2.45, 2.75) is 104 Å². The van der Waals surface area contributed by atoms with E-state index in [4.69, 9.17) is 38.6 Å². The molecule has 0 fully saturated rings. The fraction of sp³-hybridized carbons (Fsp3) is 0.933. The van der Waals surface area contributed by atoms with Crippen LogP contribution in [0.15, 0.2) is 0 Å². The maximum absolute atomic E-state index is 11.6. The molecule has 0 bridgehead atoms. The predicted octanol–water partition coefficient (Wildman–Crippen LogP) is 4.61. The van der Waals surface area contributed by atoms with E-state index in [1.807, 2.05) is 0 Å². The lowest BCUT2D eigenvalue weighted by Crippen LogP contribution is -2.15. The van der Waals surface area contributed by atoms with Gasteiger partial charge < -0.3 is 38.6 Å². The molecule has 0 saturated carbocycles. The molecule has 0 aromatic carbocycles. The second kappa shape index (κ2) is 37.7. The minimum Gasteiger partial charge on any atom is -0.463 e. The van der Waals surface area contributed by atoms with Crippen LogP contribution in [0, 0.1) is 0 Å². The van der Waals surface area contributed by atoms with Crippen molar-refractivity contribution in [3.63, 3.8) is 0 Å². The Labute approximate surface area is 243 Å². The summed E-state index contributed by atoms with van der Waals surface area (Å²) in [7, 11) is 0. The van der Waals surface area contributed by atoms with E-state index in [9.17, 15) is 9.59 Å². The van der Waals surface area contributed by atoms with Crippen LogP contribution in [0.4, 0.5) is 0 Å². The molecule has 0 spiro atoms. The Hall–Kier alpha value is -1.30. The number of hydrogen-bond donors (Lipinski definition) is 2. The summed E-state index contributed by atoms with van der Waals surface area (Å²) in [5, 5.41) is 16.5. The summed E-state index contributed by atoms with van der Waals surface area (Å²) in [6, 6.07) is 0. The third kappa shape index (κ3) is 38.8. The van der Waals surface area contributed by atoms with Gasteiger partial charge in [0.15, 0.2) is 0 Å². The highest BCUT2D eigenvalue weighted by molar-refractivity contribution is 5.69. The third-order valence-corrected chi connectivity index (χ3v) is 5.67. The molecule has 0 amide bonds. The van der Waals surface area contributed by atoms with Crippen molar-refractivity contribution >= 4 is 11.9 Å². The molecule has 0 rings (SSSR count). The lowest BCUT2D eigenvalue weighted by Gasteiger charge is -2.08. The second-order valence-corrected chi connectivity index (χ2v) is 9.37. The number of aliphatic hydroxyl groups is 2. The molecule has 0 aromatic heterocycles. The molecule has 0 aliphatic rings. The minimum atomic E-state index is -0.148. The van der Waals surface area contributed by atoms with Crippen LogP contribution in [0.3, 0.4) is 0 Å². The zero-order valence-electron chi connectivity index (χ0n) is 25.5. The zero-order valence-corrected chi connectivity index (χ0v) is 25.5. The van der Waals surface area contributed by atoms with Gasteiger partial charge in [-0.2, -0.15) is 0 Å². The van der Waals surface area contributed by atoms with Gasteiger partial charge in [-0.25, -0.2) is 0 Å². The Balaban J connectivity index is 0. The Morgan fingerprint density at radius 3 is 1.07 bits per heavy atom. The van der Waals surface area contributed by atoms with Gasteiger partial charge in [-0.05, 0) is 12.8 Å². The van der Waals surface area contributed by atoms with E-state index in [0.29, 0.717) is 65.7 Å². The standard InChI is InChI=1S/C24H46O6.C6H14O4/c1-3-5-7-9-10-12-14-16-24(26)30-22-20-28-18-17-27-19-21-29-23(25)15-13-11-8-6-4-2;7-1-3-9-5-6-10-4-2-8/h3-22H2,1-2H3;7-8H,1-6H2. The first-order chi connectivity index (χ1) is 19.6. The van der Waals surface area contributed by atoms with Crippen molar-refractivity contribution in [3.05, 3.63) is 0 Å². The van der Waals surface area contributed by atoms with Crippen LogP contribution < -0.4 is 0 Å². The summed E-state index contributed by atoms with van der Waals surface area (Å²) < 4.78 is 30.7. The summed E-state index contributed by atoms with van der Waals surface area (Å²) >= 11 is 0. The molecule has 10 heteroatoms. The van der Waals surface area contributed by atoms with Crippen LogP contribution in [0.1, 0.15) is 104 Å². The van der Waals surface area contributed by atoms with Gasteiger partial charge in [0, 0.05) is 12.8 Å². The molecule has 0 heterocycles. The maximum atomic E-state index is 11.6. The molecule has 0 radical (unpaired) electrons. The quantitative estimate of drug-likeness (QED) is 0.0917. The Morgan fingerprint density at radius 1 is 0.425 bits per heavy atom. The van der Waals surface area contributed by atoms with Crippen LogP contribution >= 0.6 is 0 Å². The number of carbonyl (C=O) groups excluding carboxylic acids is 2. The van der Waals surface area contributed by atoms with Crippen molar-refractivity contribution in [2.75, 3.05) is 79.3 Å². The van der Waals surface area contributed by atoms with E-state index in [2.05, 4.69) is 13.8 Å². The lowest BCUT2D eigenvalue weighted by molar-refractivity contribution is -0.147. The second-order valence-electron chi connectivity index (χ2n) is 9.37. The number of carbonyl (C=O) groups is 2. The van der Waals surface area contributed by atoms with Crippen molar-refractivity contribution in [3.8, 4) is 0 Å². The molecule has 2 N–H and O–H groups in total. The summed E-state index contributed by atoms with van der Waals surface area (Å²) in [4.78, 5) is 23.1. The predicted molar refractivity (Wildman–Crippen MR) is 155 cm³/mol. The number of rotatable bonds is 30.